The van der Waals surface area contributed by atoms with E-state index in [9.17, 15) is 9.59 Å². The maximum atomic E-state index is 12.5. The van der Waals surface area contributed by atoms with Crippen molar-refractivity contribution < 1.29 is 14.7 Å². The van der Waals surface area contributed by atoms with Crippen LogP contribution in [-0.2, 0) is 11.2 Å². The van der Waals surface area contributed by atoms with Gasteiger partial charge in [0.25, 0.3) is 5.91 Å². The van der Waals surface area contributed by atoms with Crippen LogP contribution in [-0.4, -0.2) is 22.0 Å². The molecule has 0 aliphatic rings. The number of amides is 1. The van der Waals surface area contributed by atoms with Crippen LogP contribution in [0.25, 0.3) is 11.3 Å². The van der Waals surface area contributed by atoms with Gasteiger partial charge in [0.1, 0.15) is 5.69 Å². The molecule has 0 saturated carbocycles. The lowest BCUT2D eigenvalue weighted by Gasteiger charge is -2.08. The second kappa shape index (κ2) is 8.20. The SMILES string of the molecule is O=C(O)Cc1cccc(NC(=O)c2cccc(-c3cc(Cl)cc(Cl)c3)n2)c1. The van der Waals surface area contributed by atoms with Gasteiger partial charge in [-0.2, -0.15) is 0 Å². The molecule has 0 unspecified atom stereocenters. The highest BCUT2D eigenvalue weighted by Gasteiger charge is 2.11. The highest BCUT2D eigenvalue weighted by molar-refractivity contribution is 6.35. The highest BCUT2D eigenvalue weighted by atomic mass is 35.5. The van der Waals surface area contributed by atoms with Crippen LogP contribution in [0.15, 0.2) is 60.7 Å². The van der Waals surface area contributed by atoms with Gasteiger partial charge in [-0.15, -0.1) is 0 Å². The largest absolute Gasteiger partial charge is 0.481 e. The third-order valence-corrected chi connectivity index (χ3v) is 4.12. The number of pyridine rings is 1. The average molecular weight is 401 g/mol. The van der Waals surface area contributed by atoms with Gasteiger partial charge in [-0.3, -0.25) is 9.59 Å². The molecule has 0 atom stereocenters. The molecule has 0 spiro atoms. The van der Waals surface area contributed by atoms with Crippen molar-refractivity contribution in [1.29, 1.82) is 0 Å². The molecule has 0 aliphatic carbocycles. The molecule has 5 nitrogen and oxygen atoms in total. The number of aliphatic carboxylic acids is 1. The van der Waals surface area contributed by atoms with E-state index in [-0.39, 0.29) is 12.1 Å². The Morgan fingerprint density at radius 3 is 2.37 bits per heavy atom. The molecule has 1 amide bonds. The zero-order valence-electron chi connectivity index (χ0n) is 13.9. The van der Waals surface area contributed by atoms with E-state index < -0.39 is 11.9 Å². The number of nitrogens with zero attached hydrogens (tertiary/aromatic N) is 1. The number of hydrogen-bond donors (Lipinski definition) is 2. The van der Waals surface area contributed by atoms with Crippen molar-refractivity contribution in [3.8, 4) is 11.3 Å². The van der Waals surface area contributed by atoms with Crippen molar-refractivity contribution in [2.75, 3.05) is 5.32 Å². The Morgan fingerprint density at radius 1 is 0.963 bits per heavy atom. The number of anilines is 1. The Bertz CT molecular complexity index is 1000. The number of benzene rings is 2. The molecular weight excluding hydrogens is 387 g/mol. The number of carboxylic acid groups (broad SMARTS) is 1. The molecule has 7 heteroatoms. The van der Waals surface area contributed by atoms with Gasteiger partial charge in [0.2, 0.25) is 0 Å². The summed E-state index contributed by atoms with van der Waals surface area (Å²) < 4.78 is 0. The summed E-state index contributed by atoms with van der Waals surface area (Å²) in [7, 11) is 0. The second-order valence-corrected chi connectivity index (χ2v) is 6.66. The minimum Gasteiger partial charge on any atom is -0.481 e. The molecule has 0 bridgehead atoms. The van der Waals surface area contributed by atoms with E-state index in [1.54, 1.807) is 60.7 Å². The van der Waals surface area contributed by atoms with Crippen LogP contribution in [0.5, 0.6) is 0 Å². The molecule has 1 heterocycles. The lowest BCUT2D eigenvalue weighted by molar-refractivity contribution is -0.136. The van der Waals surface area contributed by atoms with Gasteiger partial charge in [0, 0.05) is 21.3 Å². The number of hydrogen-bond acceptors (Lipinski definition) is 3. The van der Waals surface area contributed by atoms with E-state index in [1.165, 1.54) is 0 Å². The summed E-state index contributed by atoms with van der Waals surface area (Å²) in [5.74, 6) is -1.34. The lowest BCUT2D eigenvalue weighted by Crippen LogP contribution is -2.14. The van der Waals surface area contributed by atoms with Gasteiger partial charge in [-0.1, -0.05) is 41.4 Å². The third kappa shape index (κ3) is 5.06. The minimum atomic E-state index is -0.937. The first-order valence-electron chi connectivity index (χ1n) is 7.96. The molecule has 2 N–H and O–H groups in total. The number of halogens is 2. The number of carbonyl (C=O) groups is 2. The van der Waals surface area contributed by atoms with Crippen LogP contribution in [0.3, 0.4) is 0 Å². The summed E-state index contributed by atoms with van der Waals surface area (Å²) in [6.07, 6.45) is -0.118. The predicted octanol–water partition coefficient (Wildman–Crippen LogP) is 4.93. The summed E-state index contributed by atoms with van der Waals surface area (Å²) in [6, 6.07) is 16.8. The maximum absolute atomic E-state index is 12.5. The Kier molecular flexibility index (Phi) is 5.74. The van der Waals surface area contributed by atoms with Crippen LogP contribution >= 0.6 is 23.2 Å². The fraction of sp³-hybridized carbons (Fsp3) is 0.0500. The molecular formula is C20H14Cl2N2O3. The van der Waals surface area contributed by atoms with E-state index in [0.29, 0.717) is 32.6 Å². The van der Waals surface area contributed by atoms with E-state index in [0.717, 1.165) is 0 Å². The second-order valence-electron chi connectivity index (χ2n) is 5.79. The molecule has 136 valence electrons. The molecule has 0 aliphatic heterocycles. The van der Waals surface area contributed by atoms with Crippen LogP contribution in [0.2, 0.25) is 10.0 Å². The minimum absolute atomic E-state index is 0.118. The number of carbonyl (C=O) groups excluding carboxylic acids is 1. The molecule has 3 rings (SSSR count). The first-order valence-corrected chi connectivity index (χ1v) is 8.72. The third-order valence-electron chi connectivity index (χ3n) is 3.68. The number of nitrogens with one attached hydrogen (secondary N) is 1. The van der Waals surface area contributed by atoms with E-state index in [1.807, 2.05) is 0 Å². The Labute approximate surface area is 165 Å². The molecule has 1 aromatic heterocycles. The number of aromatic nitrogens is 1. The van der Waals surface area contributed by atoms with Crippen molar-refractivity contribution in [2.45, 2.75) is 6.42 Å². The summed E-state index contributed by atoms with van der Waals surface area (Å²) in [6.45, 7) is 0. The first-order chi connectivity index (χ1) is 12.9. The van der Waals surface area contributed by atoms with Crippen molar-refractivity contribution in [3.63, 3.8) is 0 Å². The summed E-state index contributed by atoms with van der Waals surface area (Å²) in [5, 5.41) is 12.6. The molecule has 3 aromatic rings. The Balaban J connectivity index is 1.83. The van der Waals surface area contributed by atoms with Crippen molar-refractivity contribution in [3.05, 3.63) is 82.0 Å². The fourth-order valence-corrected chi connectivity index (χ4v) is 3.08. The average Bonchev–Trinajstić information content (AvgIpc) is 2.61. The zero-order chi connectivity index (χ0) is 19.4. The topological polar surface area (TPSA) is 79.3 Å². The quantitative estimate of drug-likeness (QED) is 0.635. The van der Waals surface area contributed by atoms with Crippen molar-refractivity contribution >= 4 is 40.8 Å². The van der Waals surface area contributed by atoms with Crippen molar-refractivity contribution in [2.24, 2.45) is 0 Å². The molecule has 0 saturated heterocycles. The highest BCUT2D eigenvalue weighted by Crippen LogP contribution is 2.26. The molecule has 2 aromatic carbocycles. The van der Waals surface area contributed by atoms with Crippen LogP contribution in [0.4, 0.5) is 5.69 Å². The molecule has 0 fully saturated rings. The van der Waals surface area contributed by atoms with Crippen LogP contribution in [0.1, 0.15) is 16.1 Å². The smallest absolute Gasteiger partial charge is 0.307 e. The molecule has 0 radical (unpaired) electrons. The molecule has 27 heavy (non-hydrogen) atoms. The first kappa shape index (κ1) is 18.9. The van der Waals surface area contributed by atoms with Crippen molar-refractivity contribution in [1.82, 2.24) is 4.98 Å². The number of rotatable bonds is 5. The summed E-state index contributed by atoms with van der Waals surface area (Å²) >= 11 is 12.1. The standard InChI is InChI=1S/C20H14Cl2N2O3/c21-14-9-13(10-15(22)11-14)17-5-2-6-18(24-17)20(27)23-16-4-1-3-12(7-16)8-19(25)26/h1-7,9-11H,8H2,(H,23,27)(H,25,26). The van der Waals surface area contributed by atoms with Crippen LogP contribution < -0.4 is 5.32 Å². The summed E-state index contributed by atoms with van der Waals surface area (Å²) in [4.78, 5) is 27.7. The lowest BCUT2D eigenvalue weighted by atomic mass is 10.1. The van der Waals surface area contributed by atoms with Gasteiger partial charge < -0.3 is 10.4 Å². The Morgan fingerprint density at radius 2 is 1.67 bits per heavy atom. The number of carboxylic acids is 1. The van der Waals surface area contributed by atoms with Gasteiger partial charge in [0.15, 0.2) is 0 Å². The van der Waals surface area contributed by atoms with Gasteiger partial charge in [-0.25, -0.2) is 4.98 Å². The van der Waals surface area contributed by atoms with Gasteiger partial charge >= 0.3 is 5.97 Å². The zero-order valence-corrected chi connectivity index (χ0v) is 15.5. The summed E-state index contributed by atoms with van der Waals surface area (Å²) in [5.41, 5.74) is 2.57. The fourth-order valence-electron chi connectivity index (χ4n) is 2.55. The monoisotopic (exact) mass is 400 g/mol. The van der Waals surface area contributed by atoms with Crippen LogP contribution in [0, 0.1) is 0 Å². The Hall–Kier alpha value is -2.89. The van der Waals surface area contributed by atoms with Gasteiger partial charge in [0.05, 0.1) is 12.1 Å². The van der Waals surface area contributed by atoms with Gasteiger partial charge in [-0.05, 0) is 48.0 Å². The van der Waals surface area contributed by atoms with E-state index in [4.69, 9.17) is 28.3 Å². The normalized spacial score (nSPS) is 10.4. The van der Waals surface area contributed by atoms with E-state index >= 15 is 0 Å². The maximum Gasteiger partial charge on any atom is 0.307 e. The van der Waals surface area contributed by atoms with E-state index in [2.05, 4.69) is 10.3 Å². The predicted molar refractivity (Wildman–Crippen MR) is 105 cm³/mol.